The Morgan fingerprint density at radius 2 is 1.93 bits per heavy atom. The lowest BCUT2D eigenvalue weighted by atomic mass is 9.99. The molecule has 0 aromatic heterocycles. The minimum absolute atomic E-state index is 0.0698. The number of hydrogen-bond acceptors (Lipinski definition) is 2. The standard InChI is InChI=1S/C10H13F2NO/c1-6-4-8(11)9(12)5-7(6)10(13)2-3-14/h4-5,10,14H,2-3,13H2,1H3. The van der Waals surface area contributed by atoms with E-state index in [1.165, 1.54) is 0 Å². The SMILES string of the molecule is Cc1cc(F)c(F)cc1C(N)CCO. The van der Waals surface area contributed by atoms with Crippen molar-refractivity contribution in [3.05, 3.63) is 34.9 Å². The van der Waals surface area contributed by atoms with Crippen LogP contribution in [0.3, 0.4) is 0 Å². The van der Waals surface area contributed by atoms with Gasteiger partial charge in [0.1, 0.15) is 0 Å². The first-order valence-corrected chi connectivity index (χ1v) is 4.38. The van der Waals surface area contributed by atoms with E-state index in [1.807, 2.05) is 0 Å². The van der Waals surface area contributed by atoms with Gasteiger partial charge in [-0.3, -0.25) is 0 Å². The molecule has 0 saturated heterocycles. The van der Waals surface area contributed by atoms with Crippen molar-refractivity contribution in [3.8, 4) is 0 Å². The number of aliphatic hydroxyl groups is 1. The van der Waals surface area contributed by atoms with Crippen LogP contribution in [0.4, 0.5) is 8.78 Å². The van der Waals surface area contributed by atoms with Gasteiger partial charge < -0.3 is 10.8 Å². The van der Waals surface area contributed by atoms with E-state index in [0.29, 0.717) is 17.5 Å². The van der Waals surface area contributed by atoms with E-state index < -0.39 is 17.7 Å². The van der Waals surface area contributed by atoms with Crippen molar-refractivity contribution >= 4 is 0 Å². The monoisotopic (exact) mass is 201 g/mol. The van der Waals surface area contributed by atoms with Crippen molar-refractivity contribution in [3.63, 3.8) is 0 Å². The smallest absolute Gasteiger partial charge is 0.159 e. The van der Waals surface area contributed by atoms with Crippen LogP contribution >= 0.6 is 0 Å². The predicted molar refractivity (Wildman–Crippen MR) is 49.7 cm³/mol. The average Bonchev–Trinajstić information content (AvgIpc) is 2.11. The number of aliphatic hydroxyl groups excluding tert-OH is 1. The van der Waals surface area contributed by atoms with Gasteiger partial charge in [0.15, 0.2) is 11.6 Å². The van der Waals surface area contributed by atoms with Gasteiger partial charge in [-0.15, -0.1) is 0 Å². The Balaban J connectivity index is 3.02. The van der Waals surface area contributed by atoms with Gasteiger partial charge in [0, 0.05) is 12.6 Å². The second-order valence-corrected chi connectivity index (χ2v) is 3.24. The van der Waals surface area contributed by atoms with Crippen LogP contribution in [-0.2, 0) is 0 Å². The lowest BCUT2D eigenvalue weighted by Crippen LogP contribution is -2.14. The highest BCUT2D eigenvalue weighted by Gasteiger charge is 2.12. The maximum absolute atomic E-state index is 12.9. The first-order valence-electron chi connectivity index (χ1n) is 4.38. The van der Waals surface area contributed by atoms with Crippen LogP contribution in [0, 0.1) is 18.6 Å². The molecule has 3 N–H and O–H groups in total. The Bertz CT molecular complexity index is 328. The first-order chi connectivity index (χ1) is 6.56. The Kier molecular flexibility index (Phi) is 3.55. The summed E-state index contributed by atoms with van der Waals surface area (Å²) in [6.07, 6.45) is 0.339. The molecule has 0 heterocycles. The third-order valence-electron chi connectivity index (χ3n) is 2.15. The average molecular weight is 201 g/mol. The Hall–Kier alpha value is -1.00. The summed E-state index contributed by atoms with van der Waals surface area (Å²) in [6, 6.07) is 1.75. The number of halogens is 2. The maximum atomic E-state index is 12.9. The van der Waals surface area contributed by atoms with Gasteiger partial charge in [-0.1, -0.05) is 0 Å². The molecule has 0 spiro atoms. The van der Waals surface area contributed by atoms with E-state index >= 15 is 0 Å². The topological polar surface area (TPSA) is 46.2 Å². The van der Waals surface area contributed by atoms with Gasteiger partial charge >= 0.3 is 0 Å². The molecule has 0 saturated carbocycles. The molecule has 0 bridgehead atoms. The van der Waals surface area contributed by atoms with Crippen LogP contribution < -0.4 is 5.73 Å². The van der Waals surface area contributed by atoms with Crippen LogP contribution in [0.15, 0.2) is 12.1 Å². The number of benzene rings is 1. The lowest BCUT2D eigenvalue weighted by Gasteiger charge is -2.13. The van der Waals surface area contributed by atoms with Crippen molar-refractivity contribution < 1.29 is 13.9 Å². The second-order valence-electron chi connectivity index (χ2n) is 3.24. The summed E-state index contributed by atoms with van der Waals surface area (Å²) in [5.74, 6) is -1.78. The molecule has 4 heteroatoms. The van der Waals surface area contributed by atoms with Gasteiger partial charge in [-0.05, 0) is 36.6 Å². The highest BCUT2D eigenvalue weighted by Crippen LogP contribution is 2.21. The van der Waals surface area contributed by atoms with Crippen LogP contribution in [0.1, 0.15) is 23.6 Å². The van der Waals surface area contributed by atoms with Crippen LogP contribution in [0.5, 0.6) is 0 Å². The molecule has 2 nitrogen and oxygen atoms in total. The molecule has 1 aromatic rings. The molecule has 0 aliphatic rings. The van der Waals surface area contributed by atoms with Gasteiger partial charge in [-0.25, -0.2) is 8.78 Å². The molecule has 1 rings (SSSR count). The minimum atomic E-state index is -0.904. The normalized spacial score (nSPS) is 12.9. The van der Waals surface area contributed by atoms with E-state index in [4.69, 9.17) is 10.8 Å². The third kappa shape index (κ3) is 2.27. The minimum Gasteiger partial charge on any atom is -0.396 e. The highest BCUT2D eigenvalue weighted by atomic mass is 19.2. The molecule has 1 aromatic carbocycles. The Morgan fingerprint density at radius 3 is 2.50 bits per heavy atom. The van der Waals surface area contributed by atoms with Crippen molar-refractivity contribution in [1.29, 1.82) is 0 Å². The molecular weight excluding hydrogens is 188 g/mol. The molecule has 0 amide bonds. The predicted octanol–water partition coefficient (Wildman–Crippen LogP) is 1.66. The number of hydrogen-bond donors (Lipinski definition) is 2. The molecule has 1 atom stereocenters. The summed E-state index contributed by atoms with van der Waals surface area (Å²) in [6.45, 7) is 1.59. The molecule has 0 fully saturated rings. The highest BCUT2D eigenvalue weighted by molar-refractivity contribution is 5.30. The van der Waals surface area contributed by atoms with E-state index in [2.05, 4.69) is 0 Å². The van der Waals surface area contributed by atoms with E-state index in [-0.39, 0.29) is 6.61 Å². The summed E-state index contributed by atoms with van der Waals surface area (Å²) in [4.78, 5) is 0. The van der Waals surface area contributed by atoms with E-state index in [1.54, 1.807) is 6.92 Å². The van der Waals surface area contributed by atoms with Gasteiger partial charge in [-0.2, -0.15) is 0 Å². The molecule has 14 heavy (non-hydrogen) atoms. The third-order valence-corrected chi connectivity index (χ3v) is 2.15. The number of nitrogens with two attached hydrogens (primary N) is 1. The van der Waals surface area contributed by atoms with Crippen LogP contribution in [0.25, 0.3) is 0 Å². The zero-order valence-electron chi connectivity index (χ0n) is 7.93. The Morgan fingerprint density at radius 1 is 1.36 bits per heavy atom. The molecule has 0 radical (unpaired) electrons. The zero-order valence-corrected chi connectivity index (χ0v) is 7.93. The molecule has 78 valence electrons. The second kappa shape index (κ2) is 4.48. The first kappa shape index (κ1) is 11.1. The maximum Gasteiger partial charge on any atom is 0.159 e. The summed E-state index contributed by atoms with van der Waals surface area (Å²) in [5, 5.41) is 8.66. The molecule has 0 aliphatic heterocycles. The molecule has 1 unspecified atom stereocenters. The summed E-state index contributed by atoms with van der Waals surface area (Å²) in [7, 11) is 0. The van der Waals surface area contributed by atoms with Crippen molar-refractivity contribution in [2.24, 2.45) is 5.73 Å². The van der Waals surface area contributed by atoms with Gasteiger partial charge in [0.25, 0.3) is 0 Å². The summed E-state index contributed by atoms with van der Waals surface area (Å²) in [5.41, 5.74) is 6.82. The number of rotatable bonds is 3. The van der Waals surface area contributed by atoms with Crippen molar-refractivity contribution in [2.45, 2.75) is 19.4 Å². The quantitative estimate of drug-likeness (QED) is 0.781. The van der Waals surface area contributed by atoms with Crippen molar-refractivity contribution in [1.82, 2.24) is 0 Å². The van der Waals surface area contributed by atoms with Crippen LogP contribution in [-0.4, -0.2) is 11.7 Å². The molecular formula is C10H13F2NO. The van der Waals surface area contributed by atoms with Crippen molar-refractivity contribution in [2.75, 3.05) is 6.61 Å². The summed E-state index contributed by atoms with van der Waals surface area (Å²) >= 11 is 0. The zero-order chi connectivity index (χ0) is 10.7. The Labute approximate surface area is 81.4 Å². The largest absolute Gasteiger partial charge is 0.396 e. The summed E-state index contributed by atoms with van der Waals surface area (Å²) < 4.78 is 25.6. The molecule has 0 aliphatic carbocycles. The fraction of sp³-hybridized carbons (Fsp3) is 0.400. The van der Waals surface area contributed by atoms with Gasteiger partial charge in [0.2, 0.25) is 0 Å². The van der Waals surface area contributed by atoms with E-state index in [0.717, 1.165) is 12.1 Å². The fourth-order valence-corrected chi connectivity index (χ4v) is 1.36. The van der Waals surface area contributed by atoms with Crippen LogP contribution in [0.2, 0.25) is 0 Å². The van der Waals surface area contributed by atoms with Gasteiger partial charge in [0.05, 0.1) is 0 Å². The van der Waals surface area contributed by atoms with E-state index in [9.17, 15) is 8.78 Å². The fourth-order valence-electron chi connectivity index (χ4n) is 1.36. The lowest BCUT2D eigenvalue weighted by molar-refractivity contribution is 0.276. The number of aryl methyl sites for hydroxylation is 1.